The number of methoxy groups -OCH3 is 1. The zero-order chi connectivity index (χ0) is 14.9. The maximum Gasteiger partial charge on any atom is 0.226 e. The molecule has 1 aromatic rings. The van der Waals surface area contributed by atoms with E-state index in [-0.39, 0.29) is 5.91 Å². The monoisotopic (exact) mass is 313 g/mol. The van der Waals surface area contributed by atoms with Gasteiger partial charge in [0.05, 0.1) is 31.9 Å². The fraction of sp³-hybridized carbons (Fsp3) is 0.714. The van der Waals surface area contributed by atoms with E-state index in [1.165, 1.54) is 0 Å². The molecule has 1 aliphatic rings. The average Bonchev–Trinajstić information content (AvgIpc) is 2.92. The Morgan fingerprint density at radius 1 is 1.52 bits per heavy atom. The Morgan fingerprint density at radius 2 is 2.33 bits per heavy atom. The average molecular weight is 313 g/mol. The molecule has 118 valence electrons. The molecule has 0 radical (unpaired) electrons. The maximum atomic E-state index is 11.8. The molecule has 0 atom stereocenters. The number of ether oxygens (including phenoxy) is 2. The summed E-state index contributed by atoms with van der Waals surface area (Å²) in [5.41, 5.74) is 0.854. The molecule has 1 saturated heterocycles. The Balaban J connectivity index is 1.70. The summed E-state index contributed by atoms with van der Waals surface area (Å²) in [4.78, 5) is 18.6. The van der Waals surface area contributed by atoms with Crippen molar-refractivity contribution in [2.45, 2.75) is 19.4 Å². The molecular weight excluding hydrogens is 290 g/mol. The van der Waals surface area contributed by atoms with Crippen molar-refractivity contribution < 1.29 is 14.3 Å². The van der Waals surface area contributed by atoms with Crippen LogP contribution in [0.5, 0.6) is 0 Å². The number of aromatic nitrogens is 1. The van der Waals surface area contributed by atoms with Crippen LogP contribution in [0.2, 0.25) is 0 Å². The van der Waals surface area contributed by atoms with Gasteiger partial charge in [0.25, 0.3) is 0 Å². The van der Waals surface area contributed by atoms with Crippen LogP contribution in [-0.4, -0.2) is 62.4 Å². The summed E-state index contributed by atoms with van der Waals surface area (Å²) >= 11 is 1.62. The van der Waals surface area contributed by atoms with Crippen molar-refractivity contribution in [3.8, 4) is 0 Å². The van der Waals surface area contributed by atoms with Gasteiger partial charge < -0.3 is 14.8 Å². The number of nitrogens with one attached hydrogen (secondary N) is 1. The van der Waals surface area contributed by atoms with Gasteiger partial charge in [-0.05, 0) is 6.42 Å². The third kappa shape index (κ3) is 6.09. The van der Waals surface area contributed by atoms with E-state index in [4.69, 9.17) is 9.47 Å². The Hall–Kier alpha value is -1.02. The van der Waals surface area contributed by atoms with E-state index in [2.05, 4.69) is 15.2 Å². The number of carbonyl (C=O) groups excluding carboxylic acids is 1. The summed E-state index contributed by atoms with van der Waals surface area (Å²) < 4.78 is 10.3. The quantitative estimate of drug-likeness (QED) is 0.715. The van der Waals surface area contributed by atoms with Crippen LogP contribution in [0.25, 0.3) is 0 Å². The number of thiazole rings is 1. The van der Waals surface area contributed by atoms with Gasteiger partial charge in [0, 0.05) is 38.7 Å². The van der Waals surface area contributed by atoms with Crippen LogP contribution >= 0.6 is 11.3 Å². The largest absolute Gasteiger partial charge is 0.385 e. The standard InChI is InChI=1S/C14H23N3O3S/c1-19-6-2-3-15-13(18)9-12-11-21-14(16-12)10-17-4-7-20-8-5-17/h11H,2-10H2,1H3,(H,15,18). The Kier molecular flexibility index (Phi) is 7.08. The van der Waals surface area contributed by atoms with Crippen LogP contribution in [-0.2, 0) is 27.2 Å². The third-order valence-corrected chi connectivity index (χ3v) is 4.13. The van der Waals surface area contributed by atoms with Gasteiger partial charge in [-0.1, -0.05) is 0 Å². The first-order valence-corrected chi connectivity index (χ1v) is 8.15. The summed E-state index contributed by atoms with van der Waals surface area (Å²) in [5.74, 6) is 0.0225. The molecule has 1 amide bonds. The van der Waals surface area contributed by atoms with Gasteiger partial charge in [-0.25, -0.2) is 4.98 Å². The number of morpholine rings is 1. The minimum atomic E-state index is 0.0225. The van der Waals surface area contributed by atoms with E-state index in [0.29, 0.717) is 19.6 Å². The van der Waals surface area contributed by atoms with Gasteiger partial charge in [0.1, 0.15) is 5.01 Å². The molecule has 0 spiro atoms. The van der Waals surface area contributed by atoms with Crippen LogP contribution < -0.4 is 5.32 Å². The summed E-state index contributed by atoms with van der Waals surface area (Å²) in [7, 11) is 1.66. The third-order valence-electron chi connectivity index (χ3n) is 3.25. The Morgan fingerprint density at radius 3 is 3.10 bits per heavy atom. The zero-order valence-electron chi connectivity index (χ0n) is 12.5. The fourth-order valence-electron chi connectivity index (χ4n) is 2.12. The normalized spacial score (nSPS) is 16.0. The number of hydrogen-bond donors (Lipinski definition) is 1. The summed E-state index contributed by atoms with van der Waals surface area (Å²) in [5, 5.41) is 5.92. The van der Waals surface area contributed by atoms with E-state index in [1.54, 1.807) is 18.4 Å². The highest BCUT2D eigenvalue weighted by molar-refractivity contribution is 7.09. The molecule has 1 aliphatic heterocycles. The molecule has 2 rings (SSSR count). The molecule has 1 fully saturated rings. The van der Waals surface area contributed by atoms with Crippen LogP contribution in [0.1, 0.15) is 17.1 Å². The van der Waals surface area contributed by atoms with Crippen LogP contribution in [0, 0.1) is 0 Å². The van der Waals surface area contributed by atoms with Crippen molar-refractivity contribution in [2.24, 2.45) is 0 Å². The van der Waals surface area contributed by atoms with Crippen molar-refractivity contribution in [1.29, 1.82) is 0 Å². The van der Waals surface area contributed by atoms with Gasteiger partial charge >= 0.3 is 0 Å². The number of amides is 1. The second-order valence-electron chi connectivity index (χ2n) is 4.99. The predicted molar refractivity (Wildman–Crippen MR) is 81.4 cm³/mol. The smallest absolute Gasteiger partial charge is 0.226 e. The summed E-state index contributed by atoms with van der Waals surface area (Å²) in [6, 6.07) is 0. The zero-order valence-corrected chi connectivity index (χ0v) is 13.3. The number of rotatable bonds is 8. The summed E-state index contributed by atoms with van der Waals surface area (Å²) in [6.45, 7) is 5.66. The van der Waals surface area contributed by atoms with Crippen LogP contribution in [0.4, 0.5) is 0 Å². The molecule has 0 aliphatic carbocycles. The van der Waals surface area contributed by atoms with E-state index in [9.17, 15) is 4.79 Å². The SMILES string of the molecule is COCCCNC(=O)Cc1csc(CN2CCOCC2)n1. The highest BCUT2D eigenvalue weighted by atomic mass is 32.1. The number of carbonyl (C=O) groups is 1. The topological polar surface area (TPSA) is 63.7 Å². The van der Waals surface area contributed by atoms with Crippen molar-refractivity contribution in [3.05, 3.63) is 16.1 Å². The molecule has 0 bridgehead atoms. The molecule has 21 heavy (non-hydrogen) atoms. The fourth-order valence-corrected chi connectivity index (χ4v) is 2.96. The molecule has 6 nitrogen and oxygen atoms in total. The van der Waals surface area contributed by atoms with E-state index >= 15 is 0 Å². The maximum absolute atomic E-state index is 11.8. The molecule has 0 saturated carbocycles. The molecule has 0 unspecified atom stereocenters. The molecule has 2 heterocycles. The van der Waals surface area contributed by atoms with E-state index < -0.39 is 0 Å². The van der Waals surface area contributed by atoms with Gasteiger partial charge in [0.15, 0.2) is 0 Å². The minimum Gasteiger partial charge on any atom is -0.385 e. The second-order valence-corrected chi connectivity index (χ2v) is 5.94. The predicted octanol–water partition coefficient (Wildman–Crippen LogP) is 0.670. The van der Waals surface area contributed by atoms with Crippen molar-refractivity contribution in [2.75, 3.05) is 46.6 Å². The first-order chi connectivity index (χ1) is 10.3. The lowest BCUT2D eigenvalue weighted by Crippen LogP contribution is -2.35. The first-order valence-electron chi connectivity index (χ1n) is 7.27. The van der Waals surface area contributed by atoms with E-state index in [1.807, 2.05) is 5.38 Å². The highest BCUT2D eigenvalue weighted by Gasteiger charge is 2.13. The van der Waals surface area contributed by atoms with Gasteiger partial charge in [-0.15, -0.1) is 11.3 Å². The number of nitrogens with zero attached hydrogens (tertiary/aromatic N) is 2. The lowest BCUT2D eigenvalue weighted by molar-refractivity contribution is -0.120. The van der Waals surface area contributed by atoms with Crippen LogP contribution in [0.3, 0.4) is 0 Å². The molecular formula is C14H23N3O3S. The van der Waals surface area contributed by atoms with E-state index in [0.717, 1.165) is 50.0 Å². The van der Waals surface area contributed by atoms with Crippen molar-refractivity contribution in [3.63, 3.8) is 0 Å². The summed E-state index contributed by atoms with van der Waals surface area (Å²) in [6.07, 6.45) is 1.19. The molecule has 0 aromatic carbocycles. The van der Waals surface area contributed by atoms with Gasteiger partial charge in [-0.3, -0.25) is 9.69 Å². The van der Waals surface area contributed by atoms with Crippen molar-refractivity contribution in [1.82, 2.24) is 15.2 Å². The lowest BCUT2D eigenvalue weighted by atomic mass is 10.3. The highest BCUT2D eigenvalue weighted by Crippen LogP contribution is 2.13. The number of hydrogen-bond acceptors (Lipinski definition) is 6. The minimum absolute atomic E-state index is 0.0225. The molecule has 7 heteroatoms. The van der Waals surface area contributed by atoms with Gasteiger partial charge in [0.2, 0.25) is 5.91 Å². The lowest BCUT2D eigenvalue weighted by Gasteiger charge is -2.25. The van der Waals surface area contributed by atoms with Gasteiger partial charge in [-0.2, -0.15) is 0 Å². The molecule has 1 N–H and O–H groups in total. The molecule has 1 aromatic heterocycles. The Labute approximate surface area is 129 Å². The first kappa shape index (κ1) is 16.4. The van der Waals surface area contributed by atoms with Crippen LogP contribution in [0.15, 0.2) is 5.38 Å². The Bertz CT molecular complexity index is 433. The van der Waals surface area contributed by atoms with Crippen molar-refractivity contribution >= 4 is 17.2 Å². The second kappa shape index (κ2) is 9.09.